The van der Waals surface area contributed by atoms with Crippen LogP contribution < -0.4 is 0 Å². The molecule has 15 heavy (non-hydrogen) atoms. The normalized spacial score (nSPS) is 13.3. The summed E-state index contributed by atoms with van der Waals surface area (Å²) in [6, 6.07) is 0. The first kappa shape index (κ1) is 16.3. The maximum Gasteiger partial charge on any atom is 0.335 e. The van der Waals surface area contributed by atoms with Crippen LogP contribution in [0.3, 0.4) is 0 Å². The lowest BCUT2D eigenvalue weighted by Crippen LogP contribution is -2.39. The number of rotatable bonds is 5. The highest BCUT2D eigenvalue weighted by molar-refractivity contribution is 5.82. The number of unbranched alkanes of at least 4 members (excludes halogenated alkanes) is 1. The summed E-state index contributed by atoms with van der Waals surface area (Å²) in [5.41, 5.74) is 0. The smallest absolute Gasteiger partial charge is 0.335 e. The molecule has 0 saturated heterocycles. The van der Waals surface area contributed by atoms with Crippen LogP contribution in [-0.4, -0.2) is 56.3 Å². The van der Waals surface area contributed by atoms with Crippen molar-refractivity contribution in [3.63, 3.8) is 0 Å². The Bertz CT molecular complexity index is 171. The number of aliphatic hydroxyl groups is 3. The van der Waals surface area contributed by atoms with Crippen molar-refractivity contribution in [1.29, 1.82) is 0 Å². The molecule has 7 heteroatoms. The van der Waals surface area contributed by atoms with Gasteiger partial charge in [0.1, 0.15) is 0 Å². The number of aliphatic hydroxyl groups excluding tert-OH is 3. The molecule has 0 bridgehead atoms. The van der Waals surface area contributed by atoms with Gasteiger partial charge in [0.05, 0.1) is 0 Å². The van der Waals surface area contributed by atoms with Crippen molar-refractivity contribution >= 4 is 11.9 Å². The number of carbonyl (C=O) groups is 2. The zero-order valence-corrected chi connectivity index (χ0v) is 8.33. The minimum absolute atomic E-state index is 0.344. The largest absolute Gasteiger partial charge is 0.479 e. The molecule has 0 saturated carbocycles. The highest BCUT2D eigenvalue weighted by Gasteiger charge is 2.29. The first-order chi connectivity index (χ1) is 6.88. The van der Waals surface area contributed by atoms with Gasteiger partial charge in [0, 0.05) is 6.61 Å². The lowest BCUT2D eigenvalue weighted by Gasteiger charge is -2.07. The molecule has 0 aromatic carbocycles. The lowest BCUT2D eigenvalue weighted by atomic mass is 10.2. The molecule has 0 heterocycles. The molecule has 0 radical (unpaired) electrons. The summed E-state index contributed by atoms with van der Waals surface area (Å²) >= 11 is 0. The first-order valence-electron chi connectivity index (χ1n) is 4.31. The van der Waals surface area contributed by atoms with E-state index in [0.717, 1.165) is 12.8 Å². The molecule has 0 aliphatic rings. The van der Waals surface area contributed by atoms with Gasteiger partial charge >= 0.3 is 11.9 Å². The second-order valence-electron chi connectivity index (χ2n) is 2.64. The van der Waals surface area contributed by atoms with Crippen molar-refractivity contribution < 1.29 is 35.1 Å². The van der Waals surface area contributed by atoms with Gasteiger partial charge in [-0.3, -0.25) is 0 Å². The summed E-state index contributed by atoms with van der Waals surface area (Å²) in [6.07, 6.45) is -2.49. The Morgan fingerprint density at radius 3 is 1.47 bits per heavy atom. The average molecular weight is 224 g/mol. The summed E-state index contributed by atoms with van der Waals surface area (Å²) in [5, 5.41) is 40.6. The zero-order valence-electron chi connectivity index (χ0n) is 8.33. The summed E-state index contributed by atoms with van der Waals surface area (Å²) in [5.74, 6) is -3.54. The molecule has 0 aromatic rings. The minimum Gasteiger partial charge on any atom is -0.479 e. The van der Waals surface area contributed by atoms with Crippen molar-refractivity contribution in [2.75, 3.05) is 6.61 Å². The van der Waals surface area contributed by atoms with Gasteiger partial charge in [0.2, 0.25) is 0 Å². The van der Waals surface area contributed by atoms with Crippen molar-refractivity contribution in [2.45, 2.75) is 32.0 Å². The fourth-order valence-electron chi connectivity index (χ4n) is 0.428. The van der Waals surface area contributed by atoms with Crippen molar-refractivity contribution in [3.05, 3.63) is 0 Å². The molecule has 0 aliphatic carbocycles. The quantitative estimate of drug-likeness (QED) is 0.389. The van der Waals surface area contributed by atoms with E-state index in [1.165, 1.54) is 0 Å². The molecule has 0 fully saturated rings. The van der Waals surface area contributed by atoms with Gasteiger partial charge in [0.25, 0.3) is 0 Å². The summed E-state index contributed by atoms with van der Waals surface area (Å²) in [4.78, 5) is 19.5. The highest BCUT2D eigenvalue weighted by atomic mass is 16.4. The Labute approximate surface area is 86.6 Å². The molecular formula is C8H16O7. The monoisotopic (exact) mass is 224 g/mol. The third-order valence-electron chi connectivity index (χ3n) is 1.32. The molecule has 5 N–H and O–H groups in total. The molecule has 0 rings (SSSR count). The Morgan fingerprint density at radius 1 is 1.07 bits per heavy atom. The van der Waals surface area contributed by atoms with Crippen molar-refractivity contribution in [1.82, 2.24) is 0 Å². The van der Waals surface area contributed by atoms with Gasteiger partial charge in [-0.1, -0.05) is 13.3 Å². The van der Waals surface area contributed by atoms with E-state index >= 15 is 0 Å². The van der Waals surface area contributed by atoms with Crippen LogP contribution in [0.25, 0.3) is 0 Å². The SMILES string of the molecule is CCCCO.O=C(O)[C@H](O)[C@@H](O)C(=O)O. The van der Waals surface area contributed by atoms with E-state index in [1.54, 1.807) is 0 Å². The average Bonchev–Trinajstić information content (AvgIpc) is 2.17. The Balaban J connectivity index is 0. The summed E-state index contributed by atoms with van der Waals surface area (Å²) in [7, 11) is 0. The fraction of sp³-hybridized carbons (Fsp3) is 0.750. The number of carboxylic acid groups (broad SMARTS) is 2. The first-order valence-corrected chi connectivity index (χ1v) is 4.31. The second-order valence-corrected chi connectivity index (χ2v) is 2.64. The zero-order chi connectivity index (χ0) is 12.4. The highest BCUT2D eigenvalue weighted by Crippen LogP contribution is 1.92. The lowest BCUT2D eigenvalue weighted by molar-refractivity contribution is -0.165. The molecular weight excluding hydrogens is 208 g/mol. The molecule has 7 nitrogen and oxygen atoms in total. The third kappa shape index (κ3) is 9.13. The molecule has 0 aromatic heterocycles. The van der Waals surface area contributed by atoms with E-state index in [-0.39, 0.29) is 0 Å². The third-order valence-corrected chi connectivity index (χ3v) is 1.32. The van der Waals surface area contributed by atoms with Gasteiger partial charge in [-0.05, 0) is 6.42 Å². The van der Waals surface area contributed by atoms with Crippen LogP contribution in [-0.2, 0) is 9.59 Å². The molecule has 0 unspecified atom stereocenters. The molecule has 90 valence electrons. The van der Waals surface area contributed by atoms with Gasteiger partial charge in [-0.2, -0.15) is 0 Å². The van der Waals surface area contributed by atoms with Crippen LogP contribution in [0.4, 0.5) is 0 Å². The molecule has 0 aliphatic heterocycles. The Kier molecular flexibility index (Phi) is 10.2. The van der Waals surface area contributed by atoms with E-state index in [4.69, 9.17) is 25.5 Å². The van der Waals surface area contributed by atoms with E-state index in [9.17, 15) is 9.59 Å². The minimum atomic E-state index is -2.27. The van der Waals surface area contributed by atoms with E-state index < -0.39 is 24.1 Å². The van der Waals surface area contributed by atoms with Gasteiger partial charge in [-0.25, -0.2) is 9.59 Å². The van der Waals surface area contributed by atoms with Crippen LogP contribution in [0.15, 0.2) is 0 Å². The van der Waals surface area contributed by atoms with Crippen LogP contribution in [0.2, 0.25) is 0 Å². The van der Waals surface area contributed by atoms with Gasteiger partial charge in [0.15, 0.2) is 12.2 Å². The number of hydrogen-bond acceptors (Lipinski definition) is 5. The number of aliphatic carboxylic acids is 2. The standard InChI is InChI=1S/C4H6O6.C4H10O/c5-1(3(7)8)2(6)4(9)10;1-2-3-4-5/h1-2,5-6H,(H,7,8)(H,9,10);5H,2-4H2,1H3/t1-,2-;/m1./s1. The summed E-state index contributed by atoms with van der Waals surface area (Å²) < 4.78 is 0. The van der Waals surface area contributed by atoms with E-state index in [1.807, 2.05) is 0 Å². The van der Waals surface area contributed by atoms with Crippen LogP contribution in [0.1, 0.15) is 19.8 Å². The maximum atomic E-state index is 9.77. The fourth-order valence-corrected chi connectivity index (χ4v) is 0.428. The Hall–Kier alpha value is -1.18. The molecule has 0 spiro atoms. The number of carboxylic acids is 2. The van der Waals surface area contributed by atoms with Gasteiger partial charge in [-0.15, -0.1) is 0 Å². The van der Waals surface area contributed by atoms with E-state index in [0.29, 0.717) is 6.61 Å². The van der Waals surface area contributed by atoms with Crippen molar-refractivity contribution in [2.24, 2.45) is 0 Å². The topological polar surface area (TPSA) is 135 Å². The van der Waals surface area contributed by atoms with Crippen molar-refractivity contribution in [3.8, 4) is 0 Å². The number of hydrogen-bond donors (Lipinski definition) is 5. The maximum absolute atomic E-state index is 9.77. The van der Waals surface area contributed by atoms with Crippen LogP contribution in [0, 0.1) is 0 Å². The predicted octanol–water partition coefficient (Wildman–Crippen LogP) is -1.34. The van der Waals surface area contributed by atoms with Crippen LogP contribution >= 0.6 is 0 Å². The molecule has 2 atom stereocenters. The van der Waals surface area contributed by atoms with Gasteiger partial charge < -0.3 is 25.5 Å². The van der Waals surface area contributed by atoms with Crippen LogP contribution in [0.5, 0.6) is 0 Å². The predicted molar refractivity (Wildman–Crippen MR) is 49.3 cm³/mol. The van der Waals surface area contributed by atoms with E-state index in [2.05, 4.69) is 6.92 Å². The second kappa shape index (κ2) is 9.38. The Morgan fingerprint density at radius 2 is 1.40 bits per heavy atom. The molecule has 0 amide bonds. The summed E-state index contributed by atoms with van der Waals surface area (Å²) in [6.45, 7) is 2.40.